The summed E-state index contributed by atoms with van der Waals surface area (Å²) in [6.07, 6.45) is 3.06. The van der Waals surface area contributed by atoms with Crippen LogP contribution in [0.4, 0.5) is 0 Å². The number of piperidine rings is 1. The molecule has 0 bridgehead atoms. The van der Waals surface area contributed by atoms with E-state index in [2.05, 4.69) is 59.5 Å². The molecule has 0 spiro atoms. The molecule has 1 amide bonds. The van der Waals surface area contributed by atoms with Gasteiger partial charge in [0.2, 0.25) is 5.91 Å². The molecule has 22 heavy (non-hydrogen) atoms. The number of amides is 1. The Morgan fingerprint density at radius 1 is 1.41 bits per heavy atom. The van der Waals surface area contributed by atoms with Crippen molar-refractivity contribution in [3.05, 3.63) is 34.3 Å². The van der Waals surface area contributed by atoms with E-state index in [-0.39, 0.29) is 11.4 Å². The zero-order valence-electron chi connectivity index (χ0n) is 13.8. The van der Waals surface area contributed by atoms with Crippen LogP contribution in [0.25, 0.3) is 0 Å². The molecule has 1 saturated heterocycles. The fraction of sp³-hybridized carbons (Fsp3) is 0.611. The molecule has 4 heteroatoms. The van der Waals surface area contributed by atoms with Gasteiger partial charge >= 0.3 is 0 Å². The second-order valence-electron chi connectivity index (χ2n) is 6.97. The van der Waals surface area contributed by atoms with Crippen LogP contribution in [0.3, 0.4) is 0 Å². The van der Waals surface area contributed by atoms with Crippen molar-refractivity contribution >= 4 is 21.8 Å². The third-order valence-electron chi connectivity index (χ3n) is 4.66. The zero-order chi connectivity index (χ0) is 16.2. The quantitative estimate of drug-likeness (QED) is 0.831. The molecule has 1 fully saturated rings. The molecule has 3 nitrogen and oxygen atoms in total. The molecule has 1 aliphatic rings. The average molecular weight is 367 g/mol. The summed E-state index contributed by atoms with van der Waals surface area (Å²) in [5.74, 6) is 1.19. The van der Waals surface area contributed by atoms with Gasteiger partial charge in [0.1, 0.15) is 0 Å². The lowest BCUT2D eigenvalue weighted by Crippen LogP contribution is -2.42. The predicted octanol–water partition coefficient (Wildman–Crippen LogP) is 3.83. The van der Waals surface area contributed by atoms with Crippen LogP contribution in [0.15, 0.2) is 28.7 Å². The van der Waals surface area contributed by atoms with Crippen LogP contribution in [0.1, 0.15) is 45.6 Å². The highest BCUT2D eigenvalue weighted by Crippen LogP contribution is 2.25. The van der Waals surface area contributed by atoms with Gasteiger partial charge < -0.3 is 10.6 Å². The first-order valence-electron chi connectivity index (χ1n) is 8.16. The van der Waals surface area contributed by atoms with Crippen LogP contribution < -0.4 is 10.6 Å². The summed E-state index contributed by atoms with van der Waals surface area (Å²) in [5, 5.41) is 6.62. The summed E-state index contributed by atoms with van der Waals surface area (Å²) in [7, 11) is 0. The molecule has 0 aliphatic carbocycles. The van der Waals surface area contributed by atoms with E-state index in [1.807, 2.05) is 12.1 Å². The summed E-state index contributed by atoms with van der Waals surface area (Å²) in [6, 6.07) is 8.14. The van der Waals surface area contributed by atoms with Crippen molar-refractivity contribution in [2.75, 3.05) is 13.1 Å². The Bertz CT molecular complexity index is 492. The number of nitrogens with one attached hydrogen (secondary N) is 2. The van der Waals surface area contributed by atoms with Crippen molar-refractivity contribution in [1.82, 2.24) is 10.6 Å². The van der Waals surface area contributed by atoms with Gasteiger partial charge in [-0.3, -0.25) is 4.79 Å². The Hall–Kier alpha value is -0.870. The van der Waals surface area contributed by atoms with Crippen molar-refractivity contribution in [2.24, 2.45) is 11.8 Å². The molecule has 2 unspecified atom stereocenters. The lowest BCUT2D eigenvalue weighted by Gasteiger charge is -2.31. The number of hydrogen-bond donors (Lipinski definition) is 2. The molecule has 2 atom stereocenters. The van der Waals surface area contributed by atoms with Gasteiger partial charge in [0.25, 0.3) is 0 Å². The summed E-state index contributed by atoms with van der Waals surface area (Å²) < 4.78 is 1.05. The lowest BCUT2D eigenvalue weighted by atomic mass is 9.85. The number of carbonyl (C=O) groups excluding carboxylic acids is 1. The maximum Gasteiger partial charge on any atom is 0.220 e. The SMILES string of the molecule is CC(CC(=O)NC(C)(C)c1ccc(Br)cc1)C1CCCNC1. The van der Waals surface area contributed by atoms with Gasteiger partial charge in [0.05, 0.1) is 5.54 Å². The Kier molecular flexibility index (Phi) is 6.04. The highest BCUT2D eigenvalue weighted by molar-refractivity contribution is 9.10. The Morgan fingerprint density at radius 3 is 2.68 bits per heavy atom. The number of rotatable bonds is 5. The average Bonchev–Trinajstić information content (AvgIpc) is 2.48. The van der Waals surface area contributed by atoms with Crippen molar-refractivity contribution < 1.29 is 4.79 Å². The van der Waals surface area contributed by atoms with Crippen LogP contribution in [0.2, 0.25) is 0 Å². The van der Waals surface area contributed by atoms with Gasteiger partial charge in [-0.1, -0.05) is 35.0 Å². The first kappa shape index (κ1) is 17.5. The fourth-order valence-electron chi connectivity index (χ4n) is 3.16. The third-order valence-corrected chi connectivity index (χ3v) is 5.19. The number of halogens is 1. The third kappa shape index (κ3) is 4.82. The smallest absolute Gasteiger partial charge is 0.220 e. The number of carbonyl (C=O) groups is 1. The lowest BCUT2D eigenvalue weighted by molar-refractivity contribution is -0.124. The van der Waals surface area contributed by atoms with E-state index >= 15 is 0 Å². The van der Waals surface area contributed by atoms with Crippen molar-refractivity contribution in [3.63, 3.8) is 0 Å². The Balaban J connectivity index is 1.91. The molecule has 0 saturated carbocycles. The minimum Gasteiger partial charge on any atom is -0.347 e. The summed E-state index contributed by atoms with van der Waals surface area (Å²) in [6.45, 7) is 8.47. The van der Waals surface area contributed by atoms with E-state index in [9.17, 15) is 4.79 Å². The van der Waals surface area contributed by atoms with E-state index in [0.717, 1.165) is 23.1 Å². The topological polar surface area (TPSA) is 41.1 Å². The second-order valence-corrected chi connectivity index (χ2v) is 7.88. The van der Waals surface area contributed by atoms with Crippen LogP contribution in [-0.4, -0.2) is 19.0 Å². The van der Waals surface area contributed by atoms with Gasteiger partial charge in [0, 0.05) is 10.9 Å². The molecule has 0 aromatic heterocycles. The van der Waals surface area contributed by atoms with Crippen molar-refractivity contribution in [3.8, 4) is 0 Å². The molecule has 0 radical (unpaired) electrons. The molecule has 1 aromatic carbocycles. The van der Waals surface area contributed by atoms with Crippen LogP contribution >= 0.6 is 15.9 Å². The normalized spacial score (nSPS) is 20.5. The van der Waals surface area contributed by atoms with E-state index in [4.69, 9.17) is 0 Å². The van der Waals surface area contributed by atoms with Gasteiger partial charge in [-0.05, 0) is 69.3 Å². The van der Waals surface area contributed by atoms with E-state index in [0.29, 0.717) is 18.3 Å². The van der Waals surface area contributed by atoms with Crippen molar-refractivity contribution in [1.29, 1.82) is 0 Å². The second kappa shape index (κ2) is 7.60. The van der Waals surface area contributed by atoms with Crippen LogP contribution in [0.5, 0.6) is 0 Å². The molecule has 2 N–H and O–H groups in total. The van der Waals surface area contributed by atoms with Crippen LogP contribution in [-0.2, 0) is 10.3 Å². The molecular weight excluding hydrogens is 340 g/mol. The Labute approximate surface area is 142 Å². The first-order chi connectivity index (χ1) is 10.4. The Morgan fingerprint density at radius 2 is 2.09 bits per heavy atom. The highest BCUT2D eigenvalue weighted by atomic mass is 79.9. The number of benzene rings is 1. The maximum atomic E-state index is 12.4. The van der Waals surface area contributed by atoms with Gasteiger partial charge in [-0.2, -0.15) is 0 Å². The predicted molar refractivity (Wildman–Crippen MR) is 94.7 cm³/mol. The molecule has 2 rings (SSSR count). The maximum absolute atomic E-state index is 12.4. The summed E-state index contributed by atoms with van der Waals surface area (Å²) in [5.41, 5.74) is 0.776. The first-order valence-corrected chi connectivity index (χ1v) is 8.95. The monoisotopic (exact) mass is 366 g/mol. The largest absolute Gasteiger partial charge is 0.347 e. The minimum absolute atomic E-state index is 0.144. The summed E-state index contributed by atoms with van der Waals surface area (Å²) >= 11 is 3.45. The fourth-order valence-corrected chi connectivity index (χ4v) is 3.43. The minimum atomic E-state index is -0.345. The zero-order valence-corrected chi connectivity index (χ0v) is 15.4. The van der Waals surface area contributed by atoms with Crippen molar-refractivity contribution in [2.45, 2.75) is 45.6 Å². The van der Waals surface area contributed by atoms with E-state index < -0.39 is 0 Å². The molecule has 1 heterocycles. The molecule has 1 aromatic rings. The standard InChI is InChI=1S/C18H27BrN2O/c1-13(14-5-4-10-20-12-14)11-17(22)21-18(2,3)15-6-8-16(19)9-7-15/h6-9,13-14,20H,4-5,10-12H2,1-3H3,(H,21,22). The summed E-state index contributed by atoms with van der Waals surface area (Å²) in [4.78, 5) is 12.4. The van der Waals surface area contributed by atoms with Crippen LogP contribution in [0, 0.1) is 11.8 Å². The van der Waals surface area contributed by atoms with E-state index in [1.165, 1.54) is 12.8 Å². The van der Waals surface area contributed by atoms with Gasteiger partial charge in [0.15, 0.2) is 0 Å². The molecule has 122 valence electrons. The van der Waals surface area contributed by atoms with Gasteiger partial charge in [-0.25, -0.2) is 0 Å². The highest BCUT2D eigenvalue weighted by Gasteiger charge is 2.26. The molecule has 1 aliphatic heterocycles. The number of hydrogen-bond acceptors (Lipinski definition) is 2. The van der Waals surface area contributed by atoms with E-state index in [1.54, 1.807) is 0 Å². The van der Waals surface area contributed by atoms with Gasteiger partial charge in [-0.15, -0.1) is 0 Å². The molecular formula is C18H27BrN2O.